The number of piperazine rings is 1. The molecule has 2 aliphatic heterocycles. The largest absolute Gasteiger partial charge is 0.478 e. The van der Waals surface area contributed by atoms with Gasteiger partial charge in [0.05, 0.1) is 0 Å². The first-order valence-corrected chi connectivity index (χ1v) is 7.23. The first-order valence-electron chi connectivity index (χ1n) is 7.23. The number of amides is 1. The lowest BCUT2D eigenvalue weighted by Gasteiger charge is -2.38. The average molecular weight is 289 g/mol. The summed E-state index contributed by atoms with van der Waals surface area (Å²) in [5, 5.41) is 9.47. The number of hydrogen-bond donors (Lipinski definition) is 1. The van der Waals surface area contributed by atoms with Gasteiger partial charge in [-0.2, -0.15) is 0 Å². The summed E-state index contributed by atoms with van der Waals surface area (Å²) in [5.41, 5.74) is 1.82. The van der Waals surface area contributed by atoms with Crippen molar-refractivity contribution in [3.8, 4) is 0 Å². The van der Waals surface area contributed by atoms with Crippen molar-refractivity contribution in [1.82, 2.24) is 9.88 Å². The number of rotatable bonds is 2. The van der Waals surface area contributed by atoms with E-state index >= 15 is 0 Å². The van der Waals surface area contributed by atoms with Crippen molar-refractivity contribution in [2.24, 2.45) is 0 Å². The molecule has 0 aliphatic carbocycles. The second-order valence-corrected chi connectivity index (χ2v) is 5.81. The van der Waals surface area contributed by atoms with E-state index in [1.54, 1.807) is 13.0 Å². The summed E-state index contributed by atoms with van der Waals surface area (Å²) in [6.45, 7) is 5.63. The van der Waals surface area contributed by atoms with Gasteiger partial charge in [0.15, 0.2) is 0 Å². The van der Waals surface area contributed by atoms with E-state index in [0.717, 1.165) is 17.7 Å². The lowest BCUT2D eigenvalue weighted by molar-refractivity contribution is -0.129. The lowest BCUT2D eigenvalue weighted by atomic mass is 10.1. The molecule has 0 spiro atoms. The summed E-state index contributed by atoms with van der Waals surface area (Å²) in [5.74, 6) is -0.189. The third kappa shape index (κ3) is 2.34. The molecular formula is C15H19N3O3. The molecule has 0 aromatic carbocycles. The van der Waals surface area contributed by atoms with E-state index < -0.39 is 5.97 Å². The lowest BCUT2D eigenvalue weighted by Crippen LogP contribution is -2.52. The van der Waals surface area contributed by atoms with Gasteiger partial charge in [0.25, 0.3) is 0 Å². The number of anilines is 1. The number of aryl methyl sites for hydroxylation is 2. The normalized spacial score (nSPS) is 21.6. The maximum absolute atomic E-state index is 11.7. The van der Waals surface area contributed by atoms with Gasteiger partial charge in [0.2, 0.25) is 5.91 Å². The van der Waals surface area contributed by atoms with Crippen LogP contribution in [-0.2, 0) is 4.79 Å². The molecule has 0 saturated carbocycles. The third-order valence-electron chi connectivity index (χ3n) is 4.33. The van der Waals surface area contributed by atoms with Crippen molar-refractivity contribution in [3.05, 3.63) is 22.9 Å². The molecule has 1 N–H and O–H groups in total. The Morgan fingerprint density at radius 3 is 2.86 bits per heavy atom. The fraction of sp³-hybridized carbons (Fsp3) is 0.533. The average Bonchev–Trinajstić information content (AvgIpc) is 2.78. The van der Waals surface area contributed by atoms with Gasteiger partial charge in [0.1, 0.15) is 11.4 Å². The molecule has 2 fully saturated rings. The number of hydrogen-bond acceptors (Lipinski definition) is 4. The fourth-order valence-corrected chi connectivity index (χ4v) is 3.37. The van der Waals surface area contributed by atoms with Crippen LogP contribution < -0.4 is 4.90 Å². The molecule has 112 valence electrons. The van der Waals surface area contributed by atoms with Gasteiger partial charge < -0.3 is 14.9 Å². The highest BCUT2D eigenvalue weighted by molar-refractivity contribution is 5.95. The number of pyridine rings is 1. The van der Waals surface area contributed by atoms with Crippen LogP contribution in [-0.4, -0.2) is 52.5 Å². The second-order valence-electron chi connectivity index (χ2n) is 5.81. The van der Waals surface area contributed by atoms with E-state index in [0.29, 0.717) is 31.9 Å². The molecule has 3 heterocycles. The van der Waals surface area contributed by atoms with Crippen LogP contribution in [0.4, 0.5) is 5.82 Å². The fourth-order valence-electron chi connectivity index (χ4n) is 3.37. The minimum absolute atomic E-state index is 0.190. The van der Waals surface area contributed by atoms with E-state index in [9.17, 15) is 14.7 Å². The van der Waals surface area contributed by atoms with E-state index in [1.165, 1.54) is 0 Å². The van der Waals surface area contributed by atoms with Crippen LogP contribution in [0.25, 0.3) is 0 Å². The monoisotopic (exact) mass is 289 g/mol. The van der Waals surface area contributed by atoms with E-state index in [1.807, 2.05) is 16.7 Å². The molecule has 21 heavy (non-hydrogen) atoms. The molecule has 6 nitrogen and oxygen atoms in total. The van der Waals surface area contributed by atoms with Gasteiger partial charge in [-0.05, 0) is 31.9 Å². The number of carboxylic acids is 1. The van der Waals surface area contributed by atoms with Crippen LogP contribution in [0.15, 0.2) is 6.07 Å². The standard InChI is InChI=1S/C15H19N3O3/c1-9-7-10(2)16-14(13(9)15(20)21)17-5-6-18-11(8-17)3-4-12(18)19/h7,11H,3-6,8H2,1-2H3,(H,20,21). The van der Waals surface area contributed by atoms with Crippen LogP contribution in [0.3, 0.4) is 0 Å². The van der Waals surface area contributed by atoms with Crippen molar-refractivity contribution in [3.63, 3.8) is 0 Å². The number of carbonyl (C=O) groups is 2. The number of nitrogens with zero attached hydrogens (tertiary/aromatic N) is 3. The maximum atomic E-state index is 11.7. The molecule has 0 radical (unpaired) electrons. The van der Waals surface area contributed by atoms with Crippen molar-refractivity contribution in [2.45, 2.75) is 32.7 Å². The number of aromatic carboxylic acids is 1. The zero-order chi connectivity index (χ0) is 15.1. The summed E-state index contributed by atoms with van der Waals surface area (Å²) in [6.07, 6.45) is 1.45. The zero-order valence-electron chi connectivity index (χ0n) is 12.3. The van der Waals surface area contributed by atoms with Gasteiger partial charge in [-0.15, -0.1) is 0 Å². The van der Waals surface area contributed by atoms with E-state index in [4.69, 9.17) is 0 Å². The molecule has 2 saturated heterocycles. The Balaban J connectivity index is 1.94. The topological polar surface area (TPSA) is 73.7 Å². The van der Waals surface area contributed by atoms with Gasteiger partial charge in [0, 0.05) is 37.8 Å². The molecule has 1 aromatic heterocycles. The predicted octanol–water partition coefficient (Wildman–Crippen LogP) is 1.21. The quantitative estimate of drug-likeness (QED) is 0.886. The van der Waals surface area contributed by atoms with Crippen molar-refractivity contribution >= 4 is 17.7 Å². The zero-order valence-corrected chi connectivity index (χ0v) is 12.3. The van der Waals surface area contributed by atoms with Gasteiger partial charge in [-0.3, -0.25) is 4.79 Å². The highest BCUT2D eigenvalue weighted by atomic mass is 16.4. The molecule has 1 amide bonds. The first-order chi connectivity index (χ1) is 9.97. The molecule has 1 atom stereocenters. The highest BCUT2D eigenvalue weighted by Crippen LogP contribution is 2.29. The molecular weight excluding hydrogens is 270 g/mol. The molecule has 1 aromatic rings. The third-order valence-corrected chi connectivity index (χ3v) is 4.33. The second kappa shape index (κ2) is 5.02. The van der Waals surface area contributed by atoms with Crippen molar-refractivity contribution < 1.29 is 14.7 Å². The van der Waals surface area contributed by atoms with Crippen LogP contribution in [0, 0.1) is 13.8 Å². The number of carboxylic acid groups (broad SMARTS) is 1. The summed E-state index contributed by atoms with van der Waals surface area (Å²) >= 11 is 0. The maximum Gasteiger partial charge on any atom is 0.339 e. The Morgan fingerprint density at radius 1 is 1.38 bits per heavy atom. The van der Waals surface area contributed by atoms with E-state index in [-0.39, 0.29) is 17.5 Å². The molecule has 6 heteroatoms. The Morgan fingerprint density at radius 2 is 2.14 bits per heavy atom. The summed E-state index contributed by atoms with van der Waals surface area (Å²) in [7, 11) is 0. The van der Waals surface area contributed by atoms with Crippen LogP contribution in [0.2, 0.25) is 0 Å². The Bertz CT molecular complexity index is 614. The Kier molecular flexibility index (Phi) is 3.31. The molecule has 0 bridgehead atoms. The Hall–Kier alpha value is -2.11. The number of aromatic nitrogens is 1. The van der Waals surface area contributed by atoms with Crippen molar-refractivity contribution in [1.29, 1.82) is 0 Å². The minimum atomic E-state index is -0.945. The molecule has 3 rings (SSSR count). The number of carbonyl (C=O) groups excluding carboxylic acids is 1. The highest BCUT2D eigenvalue weighted by Gasteiger charge is 2.37. The van der Waals surface area contributed by atoms with E-state index in [2.05, 4.69) is 4.98 Å². The summed E-state index contributed by atoms with van der Waals surface area (Å²) < 4.78 is 0. The molecule has 2 aliphatic rings. The predicted molar refractivity (Wildman–Crippen MR) is 77.6 cm³/mol. The minimum Gasteiger partial charge on any atom is -0.478 e. The van der Waals surface area contributed by atoms with Crippen LogP contribution in [0.5, 0.6) is 0 Å². The molecule has 1 unspecified atom stereocenters. The smallest absolute Gasteiger partial charge is 0.339 e. The van der Waals surface area contributed by atoms with Crippen LogP contribution in [0.1, 0.15) is 34.5 Å². The van der Waals surface area contributed by atoms with Crippen molar-refractivity contribution in [2.75, 3.05) is 24.5 Å². The summed E-state index contributed by atoms with van der Waals surface area (Å²) in [6, 6.07) is 1.98. The Labute approximate surface area is 123 Å². The van der Waals surface area contributed by atoms with Gasteiger partial charge in [-0.25, -0.2) is 9.78 Å². The van der Waals surface area contributed by atoms with Crippen LogP contribution >= 0.6 is 0 Å². The SMILES string of the molecule is Cc1cc(C)c(C(=O)O)c(N2CCN3C(=O)CCC3C2)n1. The van der Waals surface area contributed by atoms with Gasteiger partial charge in [-0.1, -0.05) is 0 Å². The number of fused-ring (bicyclic) bond motifs is 1. The first kappa shape index (κ1) is 13.9. The van der Waals surface area contributed by atoms with Gasteiger partial charge >= 0.3 is 5.97 Å². The summed E-state index contributed by atoms with van der Waals surface area (Å²) in [4.78, 5) is 31.7.